The molecule has 0 aliphatic heterocycles. The lowest BCUT2D eigenvalue weighted by Crippen LogP contribution is -2.54. The number of ether oxygens (including phenoxy) is 1. The number of hydrogen-bond acceptors (Lipinski definition) is 3. The summed E-state index contributed by atoms with van der Waals surface area (Å²) < 4.78 is 6.04. The predicted octanol–water partition coefficient (Wildman–Crippen LogP) is 3.46. The van der Waals surface area contributed by atoms with Crippen molar-refractivity contribution in [2.45, 2.75) is 63.0 Å². The molecule has 5 rings (SSSR count). The van der Waals surface area contributed by atoms with Gasteiger partial charge in [-0.2, -0.15) is 0 Å². The van der Waals surface area contributed by atoms with Crippen LogP contribution in [0.5, 0.6) is 0 Å². The second kappa shape index (κ2) is 5.94. The van der Waals surface area contributed by atoms with E-state index in [1.807, 2.05) is 18.2 Å². The van der Waals surface area contributed by atoms with Crippen LogP contribution in [0.25, 0.3) is 0 Å². The fourth-order valence-corrected chi connectivity index (χ4v) is 5.53. The molecule has 0 unspecified atom stereocenters. The summed E-state index contributed by atoms with van der Waals surface area (Å²) in [4.78, 5) is 12.5. The van der Waals surface area contributed by atoms with Gasteiger partial charge in [-0.3, -0.25) is 4.79 Å². The van der Waals surface area contributed by atoms with E-state index in [1.165, 1.54) is 24.8 Å². The summed E-state index contributed by atoms with van der Waals surface area (Å²) in [5, 5.41) is 0. The maximum atomic E-state index is 12.5. The molecule has 4 aliphatic rings. The van der Waals surface area contributed by atoms with Crippen molar-refractivity contribution in [1.82, 2.24) is 0 Å². The summed E-state index contributed by atoms with van der Waals surface area (Å²) in [5.74, 6) is 2.18. The van der Waals surface area contributed by atoms with E-state index in [1.54, 1.807) is 0 Å². The molecule has 4 bridgehead atoms. The van der Waals surface area contributed by atoms with Crippen molar-refractivity contribution in [3.05, 3.63) is 35.9 Å². The average molecular weight is 313 g/mol. The third kappa shape index (κ3) is 3.16. The van der Waals surface area contributed by atoms with Gasteiger partial charge >= 0.3 is 5.97 Å². The van der Waals surface area contributed by atoms with E-state index in [4.69, 9.17) is 10.5 Å². The van der Waals surface area contributed by atoms with Crippen molar-refractivity contribution in [3.63, 3.8) is 0 Å². The Hall–Kier alpha value is -1.35. The van der Waals surface area contributed by atoms with E-state index >= 15 is 0 Å². The Kier molecular flexibility index (Phi) is 3.92. The lowest BCUT2D eigenvalue weighted by molar-refractivity contribution is -0.188. The summed E-state index contributed by atoms with van der Waals surface area (Å²) in [6.07, 6.45) is 8.81. The highest BCUT2D eigenvalue weighted by Crippen LogP contribution is 2.57. The topological polar surface area (TPSA) is 52.3 Å². The molecule has 0 saturated heterocycles. The maximum Gasteiger partial charge on any atom is 0.323 e. The zero-order valence-corrected chi connectivity index (χ0v) is 13.7. The second-order valence-electron chi connectivity index (χ2n) is 8.15. The van der Waals surface area contributed by atoms with Crippen LogP contribution in [0.15, 0.2) is 30.3 Å². The van der Waals surface area contributed by atoms with E-state index in [2.05, 4.69) is 12.1 Å². The van der Waals surface area contributed by atoms with Crippen LogP contribution < -0.4 is 5.73 Å². The number of esters is 1. The molecular formula is C20H27NO2. The fourth-order valence-electron chi connectivity index (χ4n) is 5.53. The third-order valence-electron chi connectivity index (χ3n) is 6.19. The first-order chi connectivity index (χ1) is 11.1. The van der Waals surface area contributed by atoms with Gasteiger partial charge in [0.25, 0.3) is 0 Å². The van der Waals surface area contributed by atoms with Crippen molar-refractivity contribution >= 4 is 5.97 Å². The Balaban J connectivity index is 1.34. The van der Waals surface area contributed by atoms with Crippen molar-refractivity contribution in [3.8, 4) is 0 Å². The molecule has 124 valence electrons. The van der Waals surface area contributed by atoms with Crippen molar-refractivity contribution in [2.75, 3.05) is 0 Å². The van der Waals surface area contributed by atoms with Crippen LogP contribution in [0, 0.1) is 17.8 Å². The van der Waals surface area contributed by atoms with Gasteiger partial charge in [0.1, 0.15) is 11.6 Å². The Morgan fingerprint density at radius 2 is 1.65 bits per heavy atom. The number of benzene rings is 1. The van der Waals surface area contributed by atoms with Crippen LogP contribution in [0.2, 0.25) is 0 Å². The minimum Gasteiger partial charge on any atom is -0.458 e. The molecule has 3 heteroatoms. The van der Waals surface area contributed by atoms with Gasteiger partial charge in [-0.15, -0.1) is 0 Å². The molecule has 0 heterocycles. The number of aryl methyl sites for hydroxylation is 1. The fraction of sp³-hybridized carbons (Fsp3) is 0.650. The second-order valence-corrected chi connectivity index (χ2v) is 8.15. The van der Waals surface area contributed by atoms with Gasteiger partial charge in [-0.25, -0.2) is 0 Å². The van der Waals surface area contributed by atoms with Crippen molar-refractivity contribution in [2.24, 2.45) is 23.5 Å². The van der Waals surface area contributed by atoms with Gasteiger partial charge in [0.15, 0.2) is 0 Å². The zero-order chi connectivity index (χ0) is 15.9. The molecule has 0 spiro atoms. The van der Waals surface area contributed by atoms with Crippen molar-refractivity contribution < 1.29 is 9.53 Å². The molecule has 0 amide bonds. The van der Waals surface area contributed by atoms with Gasteiger partial charge in [0.05, 0.1) is 0 Å². The number of rotatable bonds is 5. The first-order valence-electron chi connectivity index (χ1n) is 9.14. The first kappa shape index (κ1) is 15.2. The highest BCUT2D eigenvalue weighted by atomic mass is 16.6. The number of nitrogens with two attached hydrogens (primary N) is 1. The van der Waals surface area contributed by atoms with Crippen molar-refractivity contribution in [1.29, 1.82) is 0 Å². The summed E-state index contributed by atoms with van der Waals surface area (Å²) in [5.41, 5.74) is 7.18. The quantitative estimate of drug-likeness (QED) is 0.847. The Labute approximate surface area is 138 Å². The van der Waals surface area contributed by atoms with Crippen LogP contribution in [0.1, 0.15) is 50.5 Å². The third-order valence-corrected chi connectivity index (χ3v) is 6.19. The molecule has 4 aliphatic carbocycles. The van der Waals surface area contributed by atoms with E-state index in [-0.39, 0.29) is 11.6 Å². The van der Waals surface area contributed by atoms with Gasteiger partial charge < -0.3 is 10.5 Å². The number of carbonyl (C=O) groups excluding carboxylic acids is 1. The average Bonchev–Trinajstić information content (AvgIpc) is 2.51. The highest BCUT2D eigenvalue weighted by Gasteiger charge is 2.53. The molecule has 3 nitrogen and oxygen atoms in total. The number of hydrogen-bond donors (Lipinski definition) is 1. The van der Waals surface area contributed by atoms with E-state index in [0.29, 0.717) is 6.42 Å². The van der Waals surface area contributed by atoms with Gasteiger partial charge in [-0.05, 0) is 74.7 Å². The van der Waals surface area contributed by atoms with Crippen LogP contribution in [-0.4, -0.2) is 17.6 Å². The Bertz CT molecular complexity index is 533. The molecule has 0 radical (unpaired) electrons. The minimum atomic E-state index is -0.497. The van der Waals surface area contributed by atoms with E-state index in [0.717, 1.165) is 43.4 Å². The smallest absolute Gasteiger partial charge is 0.323 e. The summed E-state index contributed by atoms with van der Waals surface area (Å²) in [6, 6.07) is 9.71. The molecule has 1 aromatic rings. The highest BCUT2D eigenvalue weighted by molar-refractivity contribution is 5.76. The molecular weight excluding hydrogens is 286 g/mol. The lowest BCUT2D eigenvalue weighted by Gasteiger charge is -2.55. The largest absolute Gasteiger partial charge is 0.458 e. The van der Waals surface area contributed by atoms with Crippen LogP contribution in [0.4, 0.5) is 0 Å². The maximum absolute atomic E-state index is 12.5. The number of carbonyl (C=O) groups is 1. The Morgan fingerprint density at radius 1 is 1.09 bits per heavy atom. The summed E-state index contributed by atoms with van der Waals surface area (Å²) in [6.45, 7) is 0. The van der Waals surface area contributed by atoms with Gasteiger partial charge in [0, 0.05) is 0 Å². The van der Waals surface area contributed by atoms with Gasteiger partial charge in [-0.1, -0.05) is 30.3 Å². The predicted molar refractivity (Wildman–Crippen MR) is 89.7 cm³/mol. The normalized spacial score (nSPS) is 36.0. The molecule has 0 aromatic heterocycles. The summed E-state index contributed by atoms with van der Waals surface area (Å²) in [7, 11) is 0. The van der Waals surface area contributed by atoms with E-state index < -0.39 is 6.04 Å². The zero-order valence-electron chi connectivity index (χ0n) is 13.7. The summed E-state index contributed by atoms with van der Waals surface area (Å²) >= 11 is 0. The van der Waals surface area contributed by atoms with Crippen LogP contribution in [-0.2, 0) is 16.0 Å². The van der Waals surface area contributed by atoms with Gasteiger partial charge in [0.2, 0.25) is 0 Å². The molecule has 1 atom stereocenters. The lowest BCUT2D eigenvalue weighted by atomic mass is 9.54. The molecule has 2 N–H and O–H groups in total. The molecule has 23 heavy (non-hydrogen) atoms. The monoisotopic (exact) mass is 313 g/mol. The Morgan fingerprint density at radius 3 is 2.22 bits per heavy atom. The van der Waals surface area contributed by atoms with Crippen LogP contribution >= 0.6 is 0 Å². The molecule has 4 saturated carbocycles. The first-order valence-corrected chi connectivity index (χ1v) is 9.14. The SMILES string of the molecule is N[C@@H](CCc1ccccc1)C(=O)OC12CC3CC(CC(C3)C1)C2. The van der Waals surface area contributed by atoms with E-state index in [9.17, 15) is 4.79 Å². The standard InChI is InChI=1S/C20H27NO2/c21-18(7-6-14-4-2-1-3-5-14)19(22)23-20-11-15-8-16(12-20)10-17(9-15)13-20/h1-5,15-18H,6-13,21H2/t15?,16?,17?,18-,20?/m0/s1. The molecule has 1 aromatic carbocycles. The van der Waals surface area contributed by atoms with Crippen LogP contribution in [0.3, 0.4) is 0 Å². The minimum absolute atomic E-state index is 0.170. The molecule has 4 fully saturated rings.